The molecule has 1 aliphatic heterocycles. The fourth-order valence-electron chi connectivity index (χ4n) is 4.38. The van der Waals surface area contributed by atoms with Crippen LogP contribution in [0.5, 0.6) is 5.75 Å². The van der Waals surface area contributed by atoms with Gasteiger partial charge in [-0.25, -0.2) is 12.8 Å². The number of anilines is 1. The van der Waals surface area contributed by atoms with E-state index in [0.717, 1.165) is 40.8 Å². The number of carbonyl (C=O) groups excluding carboxylic acids is 1. The van der Waals surface area contributed by atoms with E-state index in [0.29, 0.717) is 6.42 Å². The first kappa shape index (κ1) is 25.3. The number of para-hydroxylation sites is 1. The van der Waals surface area contributed by atoms with Gasteiger partial charge in [0.05, 0.1) is 23.0 Å². The van der Waals surface area contributed by atoms with Crippen LogP contribution < -0.4 is 14.4 Å². The molecular weight excluding hydrogens is 467 g/mol. The minimum Gasteiger partial charge on any atom is -0.487 e. The van der Waals surface area contributed by atoms with Crippen LogP contribution in [0.3, 0.4) is 0 Å². The highest BCUT2D eigenvalue weighted by atomic mass is 35.5. The van der Waals surface area contributed by atoms with Crippen LogP contribution in [-0.2, 0) is 14.8 Å². The largest absolute Gasteiger partial charge is 0.487 e. The van der Waals surface area contributed by atoms with Gasteiger partial charge in [0.2, 0.25) is 15.9 Å². The topological polar surface area (TPSA) is 75.7 Å². The third-order valence-corrected chi connectivity index (χ3v) is 7.76. The van der Waals surface area contributed by atoms with Crippen LogP contribution in [0.4, 0.5) is 10.1 Å². The number of carbonyl (C=O) groups is 1. The van der Waals surface area contributed by atoms with E-state index in [9.17, 15) is 17.6 Å². The van der Waals surface area contributed by atoms with Gasteiger partial charge >= 0.3 is 0 Å². The highest BCUT2D eigenvalue weighted by molar-refractivity contribution is 7.92. The smallest absolute Gasteiger partial charge is 0.244 e. The SMILES string of the molecule is CC[C@H](C(=O)N[C@@H]1CC(CC)(CC)Oc2ccccc21)N(c1ccc(F)c(Cl)c1)S(C)(=O)=O. The van der Waals surface area contributed by atoms with E-state index in [4.69, 9.17) is 16.3 Å². The van der Waals surface area contributed by atoms with E-state index in [1.165, 1.54) is 12.1 Å². The quantitative estimate of drug-likeness (QED) is 0.543. The van der Waals surface area contributed by atoms with Gasteiger partial charge in [-0.15, -0.1) is 0 Å². The fraction of sp³-hybridized carbons (Fsp3) is 0.458. The summed E-state index contributed by atoms with van der Waals surface area (Å²) in [7, 11) is -3.87. The molecule has 0 fully saturated rings. The molecule has 0 aliphatic carbocycles. The number of amides is 1. The molecule has 2 atom stereocenters. The third kappa shape index (κ3) is 5.27. The number of hydrogen-bond donors (Lipinski definition) is 1. The van der Waals surface area contributed by atoms with Crippen LogP contribution in [0, 0.1) is 5.82 Å². The van der Waals surface area contributed by atoms with Crippen LogP contribution >= 0.6 is 11.6 Å². The number of nitrogens with zero attached hydrogens (tertiary/aromatic N) is 1. The number of sulfonamides is 1. The molecule has 180 valence electrons. The molecule has 6 nitrogen and oxygen atoms in total. The molecule has 0 radical (unpaired) electrons. The Labute approximate surface area is 200 Å². The molecule has 0 saturated carbocycles. The first-order chi connectivity index (χ1) is 15.5. The zero-order valence-electron chi connectivity index (χ0n) is 19.3. The molecule has 0 bridgehead atoms. The molecule has 0 spiro atoms. The van der Waals surface area contributed by atoms with Gasteiger partial charge in [0.1, 0.15) is 23.2 Å². The second kappa shape index (κ2) is 9.89. The lowest BCUT2D eigenvalue weighted by molar-refractivity contribution is -0.123. The minimum absolute atomic E-state index is 0.134. The molecule has 2 aromatic carbocycles. The zero-order valence-corrected chi connectivity index (χ0v) is 20.8. The number of ether oxygens (including phenoxy) is 1. The average Bonchev–Trinajstić information content (AvgIpc) is 2.78. The molecule has 3 rings (SSSR count). The van der Waals surface area contributed by atoms with Crippen molar-refractivity contribution in [3.8, 4) is 5.75 Å². The van der Waals surface area contributed by atoms with E-state index < -0.39 is 33.4 Å². The van der Waals surface area contributed by atoms with Crippen LogP contribution in [0.15, 0.2) is 42.5 Å². The van der Waals surface area contributed by atoms with Gasteiger partial charge in [0.15, 0.2) is 0 Å². The van der Waals surface area contributed by atoms with Crippen molar-refractivity contribution in [1.29, 1.82) is 0 Å². The molecule has 9 heteroatoms. The normalized spacial score (nSPS) is 18.1. The van der Waals surface area contributed by atoms with Gasteiger partial charge in [0.25, 0.3) is 0 Å². The second-order valence-electron chi connectivity index (χ2n) is 8.38. The summed E-state index contributed by atoms with van der Waals surface area (Å²) in [5.41, 5.74) is 0.568. The molecule has 33 heavy (non-hydrogen) atoms. The monoisotopic (exact) mass is 496 g/mol. The Bertz CT molecular complexity index is 1120. The summed E-state index contributed by atoms with van der Waals surface area (Å²) in [6.45, 7) is 5.83. The second-order valence-corrected chi connectivity index (χ2v) is 10.6. The zero-order chi connectivity index (χ0) is 24.4. The highest BCUT2D eigenvalue weighted by Crippen LogP contribution is 2.42. The van der Waals surface area contributed by atoms with E-state index in [1.807, 2.05) is 24.3 Å². The van der Waals surface area contributed by atoms with E-state index >= 15 is 0 Å². The average molecular weight is 497 g/mol. The predicted octanol–water partition coefficient (Wildman–Crippen LogP) is 5.22. The Hall–Kier alpha value is -2.32. The van der Waals surface area contributed by atoms with Crippen LogP contribution in [0.1, 0.15) is 58.1 Å². The minimum atomic E-state index is -3.87. The molecule has 1 heterocycles. The molecule has 0 aromatic heterocycles. The molecule has 1 N–H and O–H groups in total. The van der Waals surface area contributed by atoms with E-state index in [2.05, 4.69) is 19.2 Å². The van der Waals surface area contributed by atoms with Gasteiger partial charge in [-0.3, -0.25) is 9.10 Å². The first-order valence-corrected chi connectivity index (χ1v) is 13.3. The highest BCUT2D eigenvalue weighted by Gasteiger charge is 2.40. The number of halogens is 2. The number of benzene rings is 2. The van der Waals surface area contributed by atoms with Crippen molar-refractivity contribution in [2.24, 2.45) is 0 Å². The summed E-state index contributed by atoms with van der Waals surface area (Å²) >= 11 is 5.90. The maximum absolute atomic E-state index is 13.7. The predicted molar refractivity (Wildman–Crippen MR) is 129 cm³/mol. The Balaban J connectivity index is 1.97. The Kier molecular flexibility index (Phi) is 7.59. The van der Waals surface area contributed by atoms with Crippen molar-refractivity contribution >= 4 is 33.2 Å². The van der Waals surface area contributed by atoms with Crippen LogP contribution in [-0.4, -0.2) is 32.2 Å². The lowest BCUT2D eigenvalue weighted by atomic mass is 9.83. The number of nitrogens with one attached hydrogen (secondary N) is 1. The van der Waals surface area contributed by atoms with Crippen molar-refractivity contribution in [2.45, 2.75) is 64.1 Å². The van der Waals surface area contributed by atoms with Crippen molar-refractivity contribution in [3.05, 3.63) is 58.9 Å². The number of fused-ring (bicyclic) bond motifs is 1. The summed E-state index contributed by atoms with van der Waals surface area (Å²) < 4.78 is 46.4. The van der Waals surface area contributed by atoms with Crippen LogP contribution in [0.25, 0.3) is 0 Å². The van der Waals surface area contributed by atoms with Crippen molar-refractivity contribution < 1.29 is 22.3 Å². The Morgan fingerprint density at radius 1 is 1.24 bits per heavy atom. The summed E-state index contributed by atoms with van der Waals surface area (Å²) in [6, 6.07) is 9.80. The Morgan fingerprint density at radius 2 is 1.91 bits per heavy atom. The van der Waals surface area contributed by atoms with Crippen molar-refractivity contribution in [2.75, 3.05) is 10.6 Å². The molecule has 0 saturated heterocycles. The lowest BCUT2D eigenvalue weighted by Gasteiger charge is -2.42. The van der Waals surface area contributed by atoms with Gasteiger partial charge in [-0.05, 0) is 43.5 Å². The molecule has 0 unspecified atom stereocenters. The number of rotatable bonds is 8. The third-order valence-electron chi connectivity index (χ3n) is 6.29. The number of hydrogen-bond acceptors (Lipinski definition) is 4. The summed E-state index contributed by atoms with van der Waals surface area (Å²) in [5, 5.41) is 2.85. The van der Waals surface area contributed by atoms with Crippen molar-refractivity contribution in [3.63, 3.8) is 0 Å². The van der Waals surface area contributed by atoms with E-state index in [1.54, 1.807) is 6.92 Å². The van der Waals surface area contributed by atoms with E-state index in [-0.39, 0.29) is 23.2 Å². The molecule has 2 aromatic rings. The summed E-state index contributed by atoms with van der Waals surface area (Å²) in [4.78, 5) is 13.5. The maximum atomic E-state index is 13.7. The van der Waals surface area contributed by atoms with Gasteiger partial charge in [-0.1, -0.05) is 50.6 Å². The Morgan fingerprint density at radius 3 is 2.48 bits per heavy atom. The summed E-state index contributed by atoms with van der Waals surface area (Å²) in [5.74, 6) is -0.386. The molecule has 1 amide bonds. The summed E-state index contributed by atoms with van der Waals surface area (Å²) in [6.07, 6.45) is 3.34. The van der Waals surface area contributed by atoms with Crippen molar-refractivity contribution in [1.82, 2.24) is 5.32 Å². The fourth-order valence-corrected chi connectivity index (χ4v) is 5.76. The van der Waals surface area contributed by atoms with Crippen LogP contribution in [0.2, 0.25) is 5.02 Å². The van der Waals surface area contributed by atoms with Gasteiger partial charge < -0.3 is 10.1 Å². The molecule has 1 aliphatic rings. The van der Waals surface area contributed by atoms with Gasteiger partial charge in [-0.2, -0.15) is 0 Å². The first-order valence-electron chi connectivity index (χ1n) is 11.1. The molecular formula is C24H30ClFN2O4S. The lowest BCUT2D eigenvalue weighted by Crippen LogP contribution is -2.52. The van der Waals surface area contributed by atoms with Gasteiger partial charge in [0, 0.05) is 12.0 Å². The standard InChI is InChI=1S/C24H30ClFN2O4S/c1-5-21(28(33(4,30)31)16-12-13-19(26)18(25)14-16)23(29)27-20-15-24(6-2,7-3)32-22-11-9-8-10-17(20)22/h8-14,20-21H,5-7,15H2,1-4H3,(H,27,29)/t20-,21-/m1/s1. The maximum Gasteiger partial charge on any atom is 0.244 e.